The summed E-state index contributed by atoms with van der Waals surface area (Å²) in [7, 11) is 1.28. The van der Waals surface area contributed by atoms with Crippen molar-refractivity contribution in [2.75, 3.05) is 13.7 Å². The Morgan fingerprint density at radius 3 is 2.76 bits per heavy atom. The molecule has 0 saturated heterocycles. The van der Waals surface area contributed by atoms with Crippen LogP contribution in [0.3, 0.4) is 0 Å². The van der Waals surface area contributed by atoms with Gasteiger partial charge in [-0.2, -0.15) is 0 Å². The molecule has 1 aromatic carbocycles. The molecule has 0 bridgehead atoms. The van der Waals surface area contributed by atoms with E-state index in [-0.39, 0.29) is 18.1 Å². The molecule has 0 aliphatic carbocycles. The first-order valence-corrected chi connectivity index (χ1v) is 8.77. The number of methoxy groups -OCH3 is 1. The van der Waals surface area contributed by atoms with Crippen LogP contribution < -0.4 is 0 Å². The number of oxazole rings is 1. The molecule has 7 heteroatoms. The fourth-order valence-electron chi connectivity index (χ4n) is 2.22. The molecule has 1 amide bonds. The standard InChI is InChI=1S/C18H21BrN2O4/c1-12(2)7-8-21(17(22)13-5-4-6-14(19)9-13)10-16-20-15(11-25-16)18(23)24-3/h4-6,9,11-12H,7-8,10H2,1-3H3. The molecular weight excluding hydrogens is 388 g/mol. The summed E-state index contributed by atoms with van der Waals surface area (Å²) in [5.74, 6) is 0.0716. The number of ether oxygens (including phenoxy) is 1. The van der Waals surface area contributed by atoms with Crippen molar-refractivity contribution in [2.45, 2.75) is 26.8 Å². The number of hydrogen-bond donors (Lipinski definition) is 0. The highest BCUT2D eigenvalue weighted by molar-refractivity contribution is 9.10. The van der Waals surface area contributed by atoms with Crippen molar-refractivity contribution in [2.24, 2.45) is 5.92 Å². The van der Waals surface area contributed by atoms with Gasteiger partial charge in [-0.3, -0.25) is 4.79 Å². The summed E-state index contributed by atoms with van der Waals surface area (Å²) >= 11 is 3.38. The van der Waals surface area contributed by atoms with E-state index >= 15 is 0 Å². The highest BCUT2D eigenvalue weighted by Crippen LogP contribution is 2.16. The van der Waals surface area contributed by atoms with Crippen LogP contribution in [-0.2, 0) is 11.3 Å². The van der Waals surface area contributed by atoms with Gasteiger partial charge < -0.3 is 14.1 Å². The van der Waals surface area contributed by atoms with Crippen molar-refractivity contribution in [1.29, 1.82) is 0 Å². The van der Waals surface area contributed by atoms with Gasteiger partial charge in [0.05, 0.1) is 13.7 Å². The molecule has 1 aromatic heterocycles. The first-order valence-electron chi connectivity index (χ1n) is 7.98. The largest absolute Gasteiger partial charge is 0.464 e. The quantitative estimate of drug-likeness (QED) is 0.649. The number of carbonyl (C=O) groups is 2. The second-order valence-electron chi connectivity index (χ2n) is 6.04. The molecule has 0 N–H and O–H groups in total. The van der Waals surface area contributed by atoms with E-state index in [2.05, 4.69) is 39.5 Å². The highest BCUT2D eigenvalue weighted by Gasteiger charge is 2.20. The van der Waals surface area contributed by atoms with Gasteiger partial charge in [-0.05, 0) is 30.5 Å². The van der Waals surface area contributed by atoms with E-state index in [1.807, 2.05) is 12.1 Å². The lowest BCUT2D eigenvalue weighted by molar-refractivity contribution is 0.0594. The molecule has 0 unspecified atom stereocenters. The second-order valence-corrected chi connectivity index (χ2v) is 6.95. The Morgan fingerprint density at radius 1 is 1.36 bits per heavy atom. The van der Waals surface area contributed by atoms with E-state index in [4.69, 9.17) is 4.42 Å². The van der Waals surface area contributed by atoms with Gasteiger partial charge in [0.15, 0.2) is 5.69 Å². The van der Waals surface area contributed by atoms with Crippen molar-refractivity contribution < 1.29 is 18.7 Å². The number of carbonyl (C=O) groups excluding carboxylic acids is 2. The minimum absolute atomic E-state index is 0.0937. The number of rotatable bonds is 7. The third kappa shape index (κ3) is 5.42. The molecule has 0 aliphatic heterocycles. The zero-order valence-electron chi connectivity index (χ0n) is 14.5. The summed E-state index contributed by atoms with van der Waals surface area (Å²) in [6.07, 6.45) is 2.09. The van der Waals surface area contributed by atoms with Crippen molar-refractivity contribution >= 4 is 27.8 Å². The first kappa shape index (κ1) is 19.2. The van der Waals surface area contributed by atoms with E-state index in [1.54, 1.807) is 17.0 Å². The van der Waals surface area contributed by atoms with Gasteiger partial charge in [0.1, 0.15) is 6.26 Å². The summed E-state index contributed by atoms with van der Waals surface area (Å²) < 4.78 is 10.8. The predicted molar refractivity (Wildman–Crippen MR) is 96.2 cm³/mol. The van der Waals surface area contributed by atoms with Gasteiger partial charge in [0, 0.05) is 16.6 Å². The summed E-state index contributed by atoms with van der Waals surface area (Å²) in [6.45, 7) is 4.96. The van der Waals surface area contributed by atoms with E-state index in [0.717, 1.165) is 10.9 Å². The normalized spacial score (nSPS) is 10.8. The van der Waals surface area contributed by atoms with Crippen molar-refractivity contribution in [1.82, 2.24) is 9.88 Å². The van der Waals surface area contributed by atoms with Crippen LogP contribution in [0.25, 0.3) is 0 Å². The molecule has 2 aromatic rings. The molecule has 0 radical (unpaired) electrons. The summed E-state index contributed by atoms with van der Waals surface area (Å²) in [5, 5.41) is 0. The molecule has 0 aliphatic rings. The zero-order valence-corrected chi connectivity index (χ0v) is 16.1. The SMILES string of the molecule is COC(=O)c1coc(CN(CCC(C)C)C(=O)c2cccc(Br)c2)n1. The minimum Gasteiger partial charge on any atom is -0.464 e. The number of halogens is 1. The van der Waals surface area contributed by atoms with Crippen LogP contribution >= 0.6 is 15.9 Å². The molecule has 25 heavy (non-hydrogen) atoms. The van der Waals surface area contributed by atoms with Crippen LogP contribution in [0.4, 0.5) is 0 Å². The lowest BCUT2D eigenvalue weighted by Crippen LogP contribution is -2.32. The van der Waals surface area contributed by atoms with Crippen LogP contribution in [-0.4, -0.2) is 35.4 Å². The van der Waals surface area contributed by atoms with Gasteiger partial charge in [-0.25, -0.2) is 9.78 Å². The van der Waals surface area contributed by atoms with Crippen LogP contribution in [0.2, 0.25) is 0 Å². The third-order valence-corrected chi connectivity index (χ3v) is 4.10. The van der Waals surface area contributed by atoms with Gasteiger partial charge in [-0.1, -0.05) is 35.8 Å². The molecule has 0 saturated carbocycles. The molecule has 0 atom stereocenters. The van der Waals surface area contributed by atoms with Gasteiger partial charge in [0.2, 0.25) is 5.89 Å². The Morgan fingerprint density at radius 2 is 2.12 bits per heavy atom. The smallest absolute Gasteiger partial charge is 0.360 e. The summed E-state index contributed by atoms with van der Waals surface area (Å²) in [5.41, 5.74) is 0.675. The Hall–Kier alpha value is -2.15. The van der Waals surface area contributed by atoms with E-state index < -0.39 is 5.97 Å². The van der Waals surface area contributed by atoms with Crippen LogP contribution in [0.5, 0.6) is 0 Å². The first-order chi connectivity index (χ1) is 11.9. The highest BCUT2D eigenvalue weighted by atomic mass is 79.9. The lowest BCUT2D eigenvalue weighted by atomic mass is 10.1. The number of hydrogen-bond acceptors (Lipinski definition) is 5. The topological polar surface area (TPSA) is 72.6 Å². The van der Waals surface area contributed by atoms with Crippen LogP contribution in [0, 0.1) is 5.92 Å². The Kier molecular flexibility index (Phi) is 6.75. The van der Waals surface area contributed by atoms with Crippen molar-refractivity contribution in [3.63, 3.8) is 0 Å². The van der Waals surface area contributed by atoms with Crippen molar-refractivity contribution in [3.8, 4) is 0 Å². The maximum Gasteiger partial charge on any atom is 0.360 e. The molecule has 6 nitrogen and oxygen atoms in total. The molecule has 0 spiro atoms. The lowest BCUT2D eigenvalue weighted by Gasteiger charge is -2.22. The fourth-order valence-corrected chi connectivity index (χ4v) is 2.61. The van der Waals surface area contributed by atoms with Crippen LogP contribution in [0.1, 0.15) is 47.0 Å². The zero-order chi connectivity index (χ0) is 18.4. The predicted octanol–water partition coefficient (Wildman–Crippen LogP) is 3.91. The molecule has 1 heterocycles. The summed E-state index contributed by atoms with van der Waals surface area (Å²) in [4.78, 5) is 30.1. The van der Waals surface area contributed by atoms with Crippen LogP contribution in [0.15, 0.2) is 39.4 Å². The average Bonchev–Trinajstić information content (AvgIpc) is 3.05. The number of nitrogens with zero attached hydrogens (tertiary/aromatic N) is 2. The van der Waals surface area contributed by atoms with Gasteiger partial charge in [0.25, 0.3) is 5.91 Å². The third-order valence-electron chi connectivity index (χ3n) is 3.61. The van der Waals surface area contributed by atoms with Crippen molar-refractivity contribution in [3.05, 3.63) is 52.1 Å². The monoisotopic (exact) mass is 408 g/mol. The van der Waals surface area contributed by atoms with Gasteiger partial charge >= 0.3 is 5.97 Å². The Balaban J connectivity index is 2.19. The molecule has 0 fully saturated rings. The van der Waals surface area contributed by atoms with E-state index in [0.29, 0.717) is 23.9 Å². The second kappa shape index (κ2) is 8.80. The fraction of sp³-hybridized carbons (Fsp3) is 0.389. The molecule has 134 valence electrons. The number of amides is 1. The maximum absolute atomic E-state index is 12.9. The van der Waals surface area contributed by atoms with E-state index in [9.17, 15) is 9.59 Å². The van der Waals surface area contributed by atoms with Gasteiger partial charge in [-0.15, -0.1) is 0 Å². The Labute approximate surface area is 155 Å². The molecule has 2 rings (SSSR count). The number of aromatic nitrogens is 1. The minimum atomic E-state index is -0.568. The number of esters is 1. The average molecular weight is 409 g/mol. The maximum atomic E-state index is 12.9. The number of benzene rings is 1. The molecular formula is C18H21BrN2O4. The van der Waals surface area contributed by atoms with E-state index in [1.165, 1.54) is 13.4 Å². The Bertz CT molecular complexity index is 742. The summed E-state index contributed by atoms with van der Waals surface area (Å²) in [6, 6.07) is 7.23.